The van der Waals surface area contributed by atoms with Crippen LogP contribution in [0, 0.1) is 0 Å². The molecule has 0 radical (unpaired) electrons. The lowest BCUT2D eigenvalue weighted by atomic mass is 10.0. The van der Waals surface area contributed by atoms with E-state index in [0.717, 1.165) is 12.0 Å². The Morgan fingerprint density at radius 3 is 2.86 bits per heavy atom. The topological polar surface area (TPSA) is 88.2 Å². The largest absolute Gasteiger partial charge is 0.496 e. The summed E-state index contributed by atoms with van der Waals surface area (Å²) in [5, 5.41) is 0. The molecule has 0 saturated carbocycles. The SMILES string of the molecule is COc1ccccc1CC(=O)N1CCC(c2cc(=O)[nH]c(-c3ccccn3)n2)C1. The molecule has 2 aromatic heterocycles. The Balaban J connectivity index is 1.49. The van der Waals surface area contributed by atoms with Gasteiger partial charge in [-0.25, -0.2) is 4.98 Å². The van der Waals surface area contributed by atoms with Crippen molar-refractivity contribution in [3.05, 3.63) is 76.3 Å². The van der Waals surface area contributed by atoms with Crippen LogP contribution in [-0.4, -0.2) is 46.0 Å². The van der Waals surface area contributed by atoms with Crippen LogP contribution in [0.2, 0.25) is 0 Å². The summed E-state index contributed by atoms with van der Waals surface area (Å²) in [5.74, 6) is 1.24. The van der Waals surface area contributed by atoms with E-state index < -0.39 is 0 Å². The molecule has 4 rings (SSSR count). The van der Waals surface area contributed by atoms with E-state index in [0.29, 0.717) is 42.5 Å². The fraction of sp³-hybridized carbons (Fsp3) is 0.273. The zero-order valence-corrected chi connectivity index (χ0v) is 16.2. The van der Waals surface area contributed by atoms with E-state index in [-0.39, 0.29) is 17.4 Å². The summed E-state index contributed by atoms with van der Waals surface area (Å²) in [6, 6.07) is 14.5. The molecule has 0 spiro atoms. The number of para-hydroxylation sites is 1. The molecule has 1 aromatic carbocycles. The summed E-state index contributed by atoms with van der Waals surface area (Å²) in [5.41, 5.74) is 1.97. The van der Waals surface area contributed by atoms with E-state index in [1.165, 1.54) is 6.07 Å². The minimum atomic E-state index is -0.213. The Morgan fingerprint density at radius 2 is 2.07 bits per heavy atom. The molecule has 1 aliphatic heterocycles. The van der Waals surface area contributed by atoms with E-state index >= 15 is 0 Å². The lowest BCUT2D eigenvalue weighted by Crippen LogP contribution is -2.30. The first-order valence-corrected chi connectivity index (χ1v) is 9.56. The van der Waals surface area contributed by atoms with Gasteiger partial charge in [0.2, 0.25) is 5.91 Å². The molecule has 29 heavy (non-hydrogen) atoms. The number of aromatic amines is 1. The number of benzene rings is 1. The van der Waals surface area contributed by atoms with Gasteiger partial charge in [0.1, 0.15) is 11.4 Å². The van der Waals surface area contributed by atoms with Crippen molar-refractivity contribution in [3.8, 4) is 17.3 Å². The second-order valence-electron chi connectivity index (χ2n) is 7.05. The number of H-pyrrole nitrogens is 1. The monoisotopic (exact) mass is 390 g/mol. The van der Waals surface area contributed by atoms with Crippen LogP contribution in [0.5, 0.6) is 5.75 Å². The molecule has 1 aliphatic rings. The Hall–Kier alpha value is -3.48. The number of rotatable bonds is 5. The van der Waals surface area contributed by atoms with Crippen molar-refractivity contribution in [3.63, 3.8) is 0 Å². The third-order valence-electron chi connectivity index (χ3n) is 5.16. The van der Waals surface area contributed by atoms with Gasteiger partial charge in [-0.2, -0.15) is 0 Å². The van der Waals surface area contributed by atoms with Crippen molar-refractivity contribution >= 4 is 5.91 Å². The maximum atomic E-state index is 12.8. The second-order valence-corrected chi connectivity index (χ2v) is 7.05. The third kappa shape index (κ3) is 4.18. The normalized spacial score (nSPS) is 16.0. The van der Waals surface area contributed by atoms with Gasteiger partial charge in [-0.3, -0.25) is 14.6 Å². The molecule has 1 unspecified atom stereocenters. The molecule has 1 atom stereocenters. The van der Waals surface area contributed by atoms with Gasteiger partial charge in [0.15, 0.2) is 5.82 Å². The number of amides is 1. The van der Waals surface area contributed by atoms with Gasteiger partial charge in [0.25, 0.3) is 5.56 Å². The number of aromatic nitrogens is 3. The van der Waals surface area contributed by atoms with E-state index in [1.807, 2.05) is 41.3 Å². The summed E-state index contributed by atoms with van der Waals surface area (Å²) >= 11 is 0. The molecule has 0 aliphatic carbocycles. The van der Waals surface area contributed by atoms with Gasteiger partial charge >= 0.3 is 0 Å². The summed E-state index contributed by atoms with van der Waals surface area (Å²) < 4.78 is 5.34. The van der Waals surface area contributed by atoms with Crippen molar-refractivity contribution in [2.24, 2.45) is 0 Å². The lowest BCUT2D eigenvalue weighted by molar-refractivity contribution is -0.129. The van der Waals surface area contributed by atoms with Gasteiger partial charge in [0, 0.05) is 36.8 Å². The minimum Gasteiger partial charge on any atom is -0.496 e. The minimum absolute atomic E-state index is 0.0291. The maximum Gasteiger partial charge on any atom is 0.251 e. The molecule has 0 bridgehead atoms. The molecule has 1 N–H and O–H groups in total. The number of carbonyl (C=O) groups is 1. The number of ether oxygens (including phenoxy) is 1. The quantitative estimate of drug-likeness (QED) is 0.723. The predicted molar refractivity (Wildman–Crippen MR) is 109 cm³/mol. The molecule has 148 valence electrons. The van der Waals surface area contributed by atoms with E-state index in [4.69, 9.17) is 4.74 Å². The Labute approximate surface area is 168 Å². The number of methoxy groups -OCH3 is 1. The highest BCUT2D eigenvalue weighted by Crippen LogP contribution is 2.27. The number of nitrogens with one attached hydrogen (secondary N) is 1. The molecular formula is C22H22N4O3. The van der Waals surface area contributed by atoms with E-state index in [2.05, 4.69) is 15.0 Å². The number of carbonyl (C=O) groups excluding carboxylic acids is 1. The zero-order chi connectivity index (χ0) is 20.2. The van der Waals surface area contributed by atoms with E-state index in [9.17, 15) is 9.59 Å². The van der Waals surface area contributed by atoms with Crippen LogP contribution in [-0.2, 0) is 11.2 Å². The van der Waals surface area contributed by atoms with Crippen molar-refractivity contribution < 1.29 is 9.53 Å². The van der Waals surface area contributed by atoms with Gasteiger partial charge in [0.05, 0.1) is 19.2 Å². The van der Waals surface area contributed by atoms with Crippen LogP contribution < -0.4 is 10.3 Å². The fourth-order valence-electron chi connectivity index (χ4n) is 3.66. The molecular weight excluding hydrogens is 368 g/mol. The van der Waals surface area contributed by atoms with Crippen molar-refractivity contribution in [1.29, 1.82) is 0 Å². The van der Waals surface area contributed by atoms with Crippen LogP contribution in [0.25, 0.3) is 11.5 Å². The fourth-order valence-corrected chi connectivity index (χ4v) is 3.66. The van der Waals surface area contributed by atoms with Gasteiger partial charge < -0.3 is 14.6 Å². The standard InChI is InChI=1S/C22H22N4O3/c1-29-19-8-3-2-6-15(19)12-21(28)26-11-9-16(14-26)18-13-20(27)25-22(24-18)17-7-4-5-10-23-17/h2-8,10,13,16H,9,11-12,14H2,1H3,(H,24,25,27). The second kappa shape index (κ2) is 8.26. The Bertz CT molecular complexity index is 1060. The lowest BCUT2D eigenvalue weighted by Gasteiger charge is -2.17. The molecule has 3 heterocycles. The average molecular weight is 390 g/mol. The highest BCUT2D eigenvalue weighted by atomic mass is 16.5. The summed E-state index contributed by atoms with van der Waals surface area (Å²) in [6.07, 6.45) is 2.73. The first kappa shape index (κ1) is 18.9. The van der Waals surface area contributed by atoms with Gasteiger partial charge in [-0.05, 0) is 24.6 Å². The summed E-state index contributed by atoms with van der Waals surface area (Å²) in [6.45, 7) is 1.19. The molecule has 1 amide bonds. The van der Waals surface area contributed by atoms with Crippen LogP contribution in [0.1, 0.15) is 23.6 Å². The molecule has 7 heteroatoms. The van der Waals surface area contributed by atoms with Crippen LogP contribution in [0.4, 0.5) is 0 Å². The molecule has 3 aromatic rings. The average Bonchev–Trinajstić information content (AvgIpc) is 3.25. The molecule has 7 nitrogen and oxygen atoms in total. The van der Waals surface area contributed by atoms with E-state index in [1.54, 1.807) is 19.4 Å². The summed E-state index contributed by atoms with van der Waals surface area (Å²) in [4.78, 5) is 38.4. The number of likely N-dealkylation sites (tertiary alicyclic amines) is 1. The first-order valence-electron chi connectivity index (χ1n) is 9.56. The van der Waals surface area contributed by atoms with Gasteiger partial charge in [-0.1, -0.05) is 24.3 Å². The Kier molecular flexibility index (Phi) is 5.37. The molecule has 1 fully saturated rings. The molecule has 1 saturated heterocycles. The first-order chi connectivity index (χ1) is 14.1. The van der Waals surface area contributed by atoms with Gasteiger partial charge in [-0.15, -0.1) is 0 Å². The van der Waals surface area contributed by atoms with Crippen molar-refractivity contribution in [2.45, 2.75) is 18.8 Å². The zero-order valence-electron chi connectivity index (χ0n) is 16.2. The third-order valence-corrected chi connectivity index (χ3v) is 5.16. The predicted octanol–water partition coefficient (Wildman–Crippen LogP) is 2.40. The Morgan fingerprint density at radius 1 is 1.24 bits per heavy atom. The smallest absolute Gasteiger partial charge is 0.251 e. The summed E-state index contributed by atoms with van der Waals surface area (Å²) in [7, 11) is 1.60. The van der Waals surface area contributed by atoms with Crippen LogP contribution >= 0.6 is 0 Å². The highest BCUT2D eigenvalue weighted by Gasteiger charge is 2.29. The number of hydrogen-bond acceptors (Lipinski definition) is 5. The number of pyridine rings is 1. The number of nitrogens with zero attached hydrogens (tertiary/aromatic N) is 3. The van der Waals surface area contributed by atoms with Crippen LogP contribution in [0.3, 0.4) is 0 Å². The number of hydrogen-bond donors (Lipinski definition) is 1. The highest BCUT2D eigenvalue weighted by molar-refractivity contribution is 5.80. The van der Waals surface area contributed by atoms with Crippen molar-refractivity contribution in [1.82, 2.24) is 19.9 Å². The van der Waals surface area contributed by atoms with Crippen molar-refractivity contribution in [2.75, 3.05) is 20.2 Å². The maximum absolute atomic E-state index is 12.8. The van der Waals surface area contributed by atoms with Crippen LogP contribution in [0.15, 0.2) is 59.5 Å².